The van der Waals surface area contributed by atoms with E-state index in [1.165, 1.54) is 31.5 Å². The van der Waals surface area contributed by atoms with Gasteiger partial charge in [0.05, 0.1) is 5.69 Å². The SMILES string of the molecule is CCC1CN(Cc2cccc(C)n2)C(C2CC2)CN1. The zero-order valence-corrected chi connectivity index (χ0v) is 12.1. The van der Waals surface area contributed by atoms with Crippen LogP contribution in [-0.2, 0) is 6.54 Å². The van der Waals surface area contributed by atoms with Gasteiger partial charge in [0, 0.05) is 37.4 Å². The quantitative estimate of drug-likeness (QED) is 0.899. The van der Waals surface area contributed by atoms with Gasteiger partial charge in [-0.15, -0.1) is 0 Å². The van der Waals surface area contributed by atoms with Crippen LogP contribution in [0.3, 0.4) is 0 Å². The van der Waals surface area contributed by atoms with E-state index >= 15 is 0 Å². The first-order valence-electron chi connectivity index (χ1n) is 7.66. The predicted molar refractivity (Wildman–Crippen MR) is 78.0 cm³/mol. The fourth-order valence-electron chi connectivity index (χ4n) is 3.20. The summed E-state index contributed by atoms with van der Waals surface area (Å²) < 4.78 is 0. The standard InChI is InChI=1S/C16H25N3/c1-3-14-10-19(16(9-17-14)13-7-8-13)11-15-6-4-5-12(2)18-15/h4-6,13-14,16-17H,3,7-11H2,1-2H3. The van der Waals surface area contributed by atoms with Crippen molar-refractivity contribution >= 4 is 0 Å². The van der Waals surface area contributed by atoms with E-state index in [9.17, 15) is 0 Å². The van der Waals surface area contributed by atoms with Crippen LogP contribution in [0.15, 0.2) is 18.2 Å². The van der Waals surface area contributed by atoms with Gasteiger partial charge in [-0.1, -0.05) is 13.0 Å². The number of aryl methyl sites for hydroxylation is 1. The Morgan fingerprint density at radius 1 is 1.37 bits per heavy atom. The maximum absolute atomic E-state index is 4.67. The van der Waals surface area contributed by atoms with Crippen LogP contribution >= 0.6 is 0 Å². The van der Waals surface area contributed by atoms with Crippen LogP contribution in [0.1, 0.15) is 37.6 Å². The highest BCUT2D eigenvalue weighted by atomic mass is 15.2. The molecule has 2 unspecified atom stereocenters. The Hall–Kier alpha value is -0.930. The van der Waals surface area contributed by atoms with Crippen molar-refractivity contribution in [2.24, 2.45) is 5.92 Å². The summed E-state index contributed by atoms with van der Waals surface area (Å²) in [5.41, 5.74) is 2.35. The molecule has 1 N–H and O–H groups in total. The van der Waals surface area contributed by atoms with E-state index < -0.39 is 0 Å². The minimum atomic E-state index is 0.653. The summed E-state index contributed by atoms with van der Waals surface area (Å²) in [7, 11) is 0. The lowest BCUT2D eigenvalue weighted by Gasteiger charge is -2.40. The van der Waals surface area contributed by atoms with Gasteiger partial charge in [-0.05, 0) is 44.2 Å². The molecule has 3 nitrogen and oxygen atoms in total. The summed E-state index contributed by atoms with van der Waals surface area (Å²) in [6.45, 7) is 7.70. The van der Waals surface area contributed by atoms with E-state index in [0.29, 0.717) is 6.04 Å². The molecule has 2 aliphatic rings. The zero-order chi connectivity index (χ0) is 13.2. The van der Waals surface area contributed by atoms with Gasteiger partial charge < -0.3 is 5.32 Å². The molecule has 1 aliphatic heterocycles. The summed E-state index contributed by atoms with van der Waals surface area (Å²) in [5, 5.41) is 3.71. The van der Waals surface area contributed by atoms with Gasteiger partial charge in [0.1, 0.15) is 0 Å². The molecule has 2 atom stereocenters. The maximum Gasteiger partial charge on any atom is 0.0547 e. The Kier molecular flexibility index (Phi) is 3.85. The molecule has 1 saturated heterocycles. The first kappa shape index (κ1) is 13.1. The van der Waals surface area contributed by atoms with Crippen molar-refractivity contribution in [3.05, 3.63) is 29.6 Å². The number of piperazine rings is 1. The topological polar surface area (TPSA) is 28.2 Å². The van der Waals surface area contributed by atoms with Crippen LogP contribution < -0.4 is 5.32 Å². The van der Waals surface area contributed by atoms with Gasteiger partial charge >= 0.3 is 0 Å². The predicted octanol–water partition coefficient (Wildman–Crippen LogP) is 2.35. The van der Waals surface area contributed by atoms with Crippen molar-refractivity contribution in [3.8, 4) is 0 Å². The lowest BCUT2D eigenvalue weighted by Crippen LogP contribution is -2.56. The number of rotatable bonds is 4. The van der Waals surface area contributed by atoms with Gasteiger partial charge in [-0.3, -0.25) is 9.88 Å². The van der Waals surface area contributed by atoms with Crippen LogP contribution in [0.5, 0.6) is 0 Å². The second kappa shape index (κ2) is 5.59. The summed E-state index contributed by atoms with van der Waals surface area (Å²) in [5.74, 6) is 0.926. The first-order valence-corrected chi connectivity index (χ1v) is 7.66. The zero-order valence-electron chi connectivity index (χ0n) is 12.1. The Balaban J connectivity index is 1.71. The molecule has 1 aromatic rings. The van der Waals surface area contributed by atoms with Crippen LogP contribution in [-0.4, -0.2) is 35.1 Å². The lowest BCUT2D eigenvalue weighted by atomic mass is 10.0. The van der Waals surface area contributed by atoms with Crippen molar-refractivity contribution in [1.29, 1.82) is 0 Å². The molecule has 0 bridgehead atoms. The van der Waals surface area contributed by atoms with Crippen molar-refractivity contribution < 1.29 is 0 Å². The molecule has 104 valence electrons. The first-order chi connectivity index (χ1) is 9.26. The normalized spacial score (nSPS) is 28.5. The molecule has 1 aliphatic carbocycles. The minimum Gasteiger partial charge on any atom is -0.311 e. The van der Waals surface area contributed by atoms with E-state index in [1.54, 1.807) is 0 Å². The Morgan fingerprint density at radius 2 is 2.21 bits per heavy atom. The molecule has 1 saturated carbocycles. The molecular weight excluding hydrogens is 234 g/mol. The fourth-order valence-corrected chi connectivity index (χ4v) is 3.20. The van der Waals surface area contributed by atoms with Gasteiger partial charge in [-0.25, -0.2) is 0 Å². The highest BCUT2D eigenvalue weighted by Crippen LogP contribution is 2.36. The van der Waals surface area contributed by atoms with Gasteiger partial charge in [0.2, 0.25) is 0 Å². The molecule has 3 heteroatoms. The lowest BCUT2D eigenvalue weighted by molar-refractivity contribution is 0.104. The smallest absolute Gasteiger partial charge is 0.0547 e. The molecule has 1 aromatic heterocycles. The number of pyridine rings is 1. The third-order valence-electron chi connectivity index (χ3n) is 4.51. The Labute approximate surface area is 116 Å². The van der Waals surface area contributed by atoms with Crippen molar-refractivity contribution in [2.75, 3.05) is 13.1 Å². The van der Waals surface area contributed by atoms with E-state index in [4.69, 9.17) is 0 Å². The average Bonchev–Trinajstić information content (AvgIpc) is 3.23. The van der Waals surface area contributed by atoms with Gasteiger partial charge in [-0.2, -0.15) is 0 Å². The molecule has 0 amide bonds. The van der Waals surface area contributed by atoms with Crippen molar-refractivity contribution in [3.63, 3.8) is 0 Å². The largest absolute Gasteiger partial charge is 0.311 e. The molecule has 3 rings (SSSR count). The van der Waals surface area contributed by atoms with Crippen LogP contribution in [0.25, 0.3) is 0 Å². The van der Waals surface area contributed by atoms with Crippen LogP contribution in [0.2, 0.25) is 0 Å². The monoisotopic (exact) mass is 259 g/mol. The van der Waals surface area contributed by atoms with Crippen LogP contribution in [0.4, 0.5) is 0 Å². The average molecular weight is 259 g/mol. The molecule has 2 heterocycles. The number of nitrogens with one attached hydrogen (secondary N) is 1. The number of hydrogen-bond donors (Lipinski definition) is 1. The van der Waals surface area contributed by atoms with Crippen LogP contribution in [0, 0.1) is 12.8 Å². The summed E-state index contributed by atoms with van der Waals surface area (Å²) in [6.07, 6.45) is 4.05. The van der Waals surface area contributed by atoms with E-state index in [0.717, 1.165) is 30.7 Å². The van der Waals surface area contributed by atoms with E-state index in [-0.39, 0.29) is 0 Å². The highest BCUT2D eigenvalue weighted by molar-refractivity contribution is 5.10. The fraction of sp³-hybridized carbons (Fsp3) is 0.688. The third-order valence-corrected chi connectivity index (χ3v) is 4.51. The molecule has 0 radical (unpaired) electrons. The second-order valence-corrected chi connectivity index (χ2v) is 6.12. The van der Waals surface area contributed by atoms with E-state index in [1.807, 2.05) is 0 Å². The molecular formula is C16H25N3. The number of hydrogen-bond acceptors (Lipinski definition) is 3. The number of nitrogens with zero attached hydrogens (tertiary/aromatic N) is 2. The summed E-state index contributed by atoms with van der Waals surface area (Å²) in [4.78, 5) is 7.34. The minimum absolute atomic E-state index is 0.653. The Bertz CT molecular complexity index is 428. The van der Waals surface area contributed by atoms with Gasteiger partial charge in [0.25, 0.3) is 0 Å². The number of aromatic nitrogens is 1. The van der Waals surface area contributed by atoms with Crippen molar-refractivity contribution in [2.45, 2.75) is 51.7 Å². The van der Waals surface area contributed by atoms with Gasteiger partial charge in [0.15, 0.2) is 0 Å². The maximum atomic E-state index is 4.67. The molecule has 0 aromatic carbocycles. The molecule has 0 spiro atoms. The molecule has 19 heavy (non-hydrogen) atoms. The summed E-state index contributed by atoms with van der Waals surface area (Å²) >= 11 is 0. The third kappa shape index (κ3) is 3.15. The molecule has 2 fully saturated rings. The second-order valence-electron chi connectivity index (χ2n) is 6.12. The highest BCUT2D eigenvalue weighted by Gasteiger charge is 2.38. The van der Waals surface area contributed by atoms with E-state index in [2.05, 4.69) is 47.2 Å². The van der Waals surface area contributed by atoms with Crippen molar-refractivity contribution in [1.82, 2.24) is 15.2 Å². The Morgan fingerprint density at radius 3 is 2.89 bits per heavy atom. The summed E-state index contributed by atoms with van der Waals surface area (Å²) in [6, 6.07) is 7.75.